The Bertz CT molecular complexity index is 358. The van der Waals surface area contributed by atoms with Crippen LogP contribution in [0.2, 0.25) is 0 Å². The summed E-state index contributed by atoms with van der Waals surface area (Å²) < 4.78 is 5.84. The third-order valence-corrected chi connectivity index (χ3v) is 11.3. The van der Waals surface area contributed by atoms with E-state index in [0.29, 0.717) is 10.9 Å². The highest BCUT2D eigenvalue weighted by Gasteiger charge is 2.47. The van der Waals surface area contributed by atoms with Gasteiger partial charge in [0.1, 0.15) is 15.7 Å². The van der Waals surface area contributed by atoms with Crippen molar-refractivity contribution >= 4 is 10.9 Å². The molecule has 1 nitrogen and oxygen atoms in total. The summed E-state index contributed by atoms with van der Waals surface area (Å²) in [7, 11) is 0.682. The van der Waals surface area contributed by atoms with E-state index in [1.165, 1.54) is 44.9 Å². The Kier molecular flexibility index (Phi) is 6.49. The fourth-order valence-corrected chi connectivity index (χ4v) is 10.3. The minimum absolute atomic E-state index is 0.682. The lowest BCUT2D eigenvalue weighted by Crippen LogP contribution is -2.44. The van der Waals surface area contributed by atoms with E-state index in [9.17, 15) is 0 Å². The molecule has 24 heavy (non-hydrogen) atoms. The molecule has 0 aromatic rings. The van der Waals surface area contributed by atoms with Crippen molar-refractivity contribution in [1.82, 2.24) is 0 Å². The second-order valence-corrected chi connectivity index (χ2v) is 11.9. The summed E-state index contributed by atoms with van der Waals surface area (Å²) in [6.45, 7) is 2.15. The van der Waals surface area contributed by atoms with Gasteiger partial charge in [0.2, 0.25) is 0 Å². The monoisotopic (exact) mass is 351 g/mol. The van der Waals surface area contributed by atoms with Crippen molar-refractivity contribution in [2.24, 2.45) is 11.8 Å². The molecule has 4 aliphatic rings. The Morgan fingerprint density at radius 2 is 1.08 bits per heavy atom. The first kappa shape index (κ1) is 17.7. The largest absolute Gasteiger partial charge is 0.376 e. The predicted octanol–water partition coefficient (Wildman–Crippen LogP) is 5.87. The Labute approximate surface area is 153 Å². The zero-order valence-electron chi connectivity index (χ0n) is 15.7. The van der Waals surface area contributed by atoms with Crippen LogP contribution in [0.4, 0.5) is 0 Å². The molecule has 2 atom stereocenters. The second-order valence-electron chi connectivity index (χ2n) is 9.09. The van der Waals surface area contributed by atoms with Crippen LogP contribution in [0.3, 0.4) is 0 Å². The normalized spacial score (nSPS) is 38.2. The van der Waals surface area contributed by atoms with Crippen LogP contribution in [0.5, 0.6) is 0 Å². The molecule has 138 valence electrons. The summed E-state index contributed by atoms with van der Waals surface area (Å²) in [6.07, 6.45) is 22.9. The van der Waals surface area contributed by atoms with Crippen LogP contribution < -0.4 is 0 Å². The van der Waals surface area contributed by atoms with Gasteiger partial charge in [-0.3, -0.25) is 0 Å². The van der Waals surface area contributed by atoms with E-state index in [1.807, 2.05) is 0 Å². The van der Waals surface area contributed by atoms with Crippen LogP contribution in [-0.4, -0.2) is 29.0 Å². The first-order valence-electron chi connectivity index (χ1n) is 11.2. The SMILES string of the molecule is C1CCC(C2CCC([S+](C3CCCCC3)C3CCOC3)CC2)CC1. The highest BCUT2D eigenvalue weighted by molar-refractivity contribution is 7.98. The van der Waals surface area contributed by atoms with Gasteiger partial charge in [-0.05, 0) is 74.1 Å². The lowest BCUT2D eigenvalue weighted by molar-refractivity contribution is 0.195. The molecule has 0 amide bonds. The zero-order valence-corrected chi connectivity index (χ0v) is 16.5. The van der Waals surface area contributed by atoms with Gasteiger partial charge in [0.25, 0.3) is 0 Å². The minimum Gasteiger partial charge on any atom is -0.376 e. The van der Waals surface area contributed by atoms with Gasteiger partial charge >= 0.3 is 0 Å². The van der Waals surface area contributed by atoms with Crippen LogP contribution >= 0.6 is 0 Å². The van der Waals surface area contributed by atoms with Crippen molar-refractivity contribution in [3.05, 3.63) is 0 Å². The molecule has 2 heteroatoms. The molecular formula is C22H39OS+. The molecule has 0 bridgehead atoms. The molecule has 1 aliphatic heterocycles. The highest BCUT2D eigenvalue weighted by atomic mass is 32.2. The van der Waals surface area contributed by atoms with Gasteiger partial charge in [0.05, 0.1) is 13.2 Å². The van der Waals surface area contributed by atoms with E-state index in [1.54, 1.807) is 51.4 Å². The van der Waals surface area contributed by atoms with Crippen LogP contribution in [0.1, 0.15) is 96.3 Å². The summed E-state index contributed by atoms with van der Waals surface area (Å²) >= 11 is 0. The van der Waals surface area contributed by atoms with Gasteiger partial charge in [-0.25, -0.2) is 0 Å². The molecule has 0 radical (unpaired) electrons. The summed E-state index contributed by atoms with van der Waals surface area (Å²) in [5, 5.41) is 3.07. The van der Waals surface area contributed by atoms with Gasteiger partial charge in [0, 0.05) is 6.42 Å². The number of ether oxygens (including phenoxy) is 1. The van der Waals surface area contributed by atoms with Crippen molar-refractivity contribution in [3.63, 3.8) is 0 Å². The van der Waals surface area contributed by atoms with Crippen LogP contribution in [0, 0.1) is 11.8 Å². The van der Waals surface area contributed by atoms with Crippen molar-refractivity contribution in [1.29, 1.82) is 0 Å². The molecule has 0 aromatic carbocycles. The van der Waals surface area contributed by atoms with E-state index < -0.39 is 0 Å². The van der Waals surface area contributed by atoms with Crippen LogP contribution in [-0.2, 0) is 15.6 Å². The molecular weight excluding hydrogens is 312 g/mol. The fourth-order valence-electron chi connectivity index (χ4n) is 6.32. The van der Waals surface area contributed by atoms with Crippen molar-refractivity contribution in [2.75, 3.05) is 13.2 Å². The van der Waals surface area contributed by atoms with Gasteiger partial charge in [-0.2, -0.15) is 0 Å². The maximum atomic E-state index is 5.84. The van der Waals surface area contributed by atoms with Gasteiger partial charge in [-0.1, -0.05) is 38.5 Å². The fraction of sp³-hybridized carbons (Fsp3) is 1.00. The molecule has 4 fully saturated rings. The number of hydrogen-bond donors (Lipinski definition) is 0. The summed E-state index contributed by atoms with van der Waals surface area (Å²) in [6, 6.07) is 0. The molecule has 0 aromatic heterocycles. The Morgan fingerprint density at radius 1 is 0.500 bits per heavy atom. The van der Waals surface area contributed by atoms with Gasteiger partial charge in [-0.15, -0.1) is 0 Å². The number of hydrogen-bond acceptors (Lipinski definition) is 1. The topological polar surface area (TPSA) is 9.23 Å². The Morgan fingerprint density at radius 3 is 1.71 bits per heavy atom. The summed E-state index contributed by atoms with van der Waals surface area (Å²) in [4.78, 5) is 0. The molecule has 0 spiro atoms. The molecule has 4 rings (SSSR count). The lowest BCUT2D eigenvalue weighted by Gasteiger charge is -2.38. The van der Waals surface area contributed by atoms with Crippen LogP contribution in [0.25, 0.3) is 0 Å². The molecule has 1 saturated heterocycles. The summed E-state index contributed by atoms with van der Waals surface area (Å²) in [5.41, 5.74) is 0. The number of rotatable bonds is 4. The van der Waals surface area contributed by atoms with E-state index in [2.05, 4.69) is 0 Å². The van der Waals surface area contributed by atoms with E-state index in [-0.39, 0.29) is 0 Å². The first-order chi connectivity index (χ1) is 11.9. The van der Waals surface area contributed by atoms with Crippen molar-refractivity contribution < 1.29 is 4.74 Å². The molecule has 3 aliphatic carbocycles. The van der Waals surface area contributed by atoms with E-state index in [4.69, 9.17) is 4.74 Å². The van der Waals surface area contributed by atoms with Crippen LogP contribution in [0.15, 0.2) is 0 Å². The maximum absolute atomic E-state index is 5.84. The standard InChI is InChI=1S/C22H39OS/c1-3-7-18(8-4-1)19-11-13-21(14-12-19)24(22-15-16-23-17-22)20-9-5-2-6-10-20/h18-22H,1-17H2/q+1. The van der Waals surface area contributed by atoms with Crippen molar-refractivity contribution in [2.45, 2.75) is 112 Å². The predicted molar refractivity (Wildman–Crippen MR) is 106 cm³/mol. The quantitative estimate of drug-likeness (QED) is 0.576. The van der Waals surface area contributed by atoms with E-state index in [0.717, 1.165) is 40.8 Å². The van der Waals surface area contributed by atoms with E-state index >= 15 is 0 Å². The summed E-state index contributed by atoms with van der Waals surface area (Å²) in [5.74, 6) is 2.20. The lowest BCUT2D eigenvalue weighted by atomic mass is 9.73. The van der Waals surface area contributed by atoms with Crippen molar-refractivity contribution in [3.8, 4) is 0 Å². The molecule has 0 N–H and O–H groups in total. The molecule has 2 unspecified atom stereocenters. The highest BCUT2D eigenvalue weighted by Crippen LogP contribution is 2.43. The zero-order chi connectivity index (χ0) is 16.2. The Balaban J connectivity index is 1.36. The first-order valence-corrected chi connectivity index (χ1v) is 12.6. The molecule has 1 heterocycles. The second kappa shape index (κ2) is 8.80. The average molecular weight is 352 g/mol. The minimum atomic E-state index is 0.682. The van der Waals surface area contributed by atoms with Gasteiger partial charge in [0.15, 0.2) is 0 Å². The molecule has 3 saturated carbocycles. The Hall–Kier alpha value is 0.310. The smallest absolute Gasteiger partial charge is 0.144 e. The third-order valence-electron chi connectivity index (χ3n) is 7.63. The van der Waals surface area contributed by atoms with Gasteiger partial charge < -0.3 is 4.74 Å². The third kappa shape index (κ3) is 4.17. The average Bonchev–Trinajstić information content (AvgIpc) is 3.18. The maximum Gasteiger partial charge on any atom is 0.144 e.